The molecule has 4 aromatic carbocycles. The molecule has 422 valence electrons. The van der Waals surface area contributed by atoms with Crippen molar-refractivity contribution >= 4 is 87.6 Å². The minimum atomic E-state index is -0.866. The number of carbonyl (C=O) groups excluding carboxylic acids is 4. The Morgan fingerprint density at radius 1 is 0.688 bits per heavy atom. The van der Waals surface area contributed by atoms with Crippen molar-refractivity contribution in [2.75, 3.05) is 20.6 Å². The van der Waals surface area contributed by atoms with Gasteiger partial charge in [-0.15, -0.1) is 11.3 Å². The van der Waals surface area contributed by atoms with E-state index in [0.29, 0.717) is 51.1 Å². The summed E-state index contributed by atoms with van der Waals surface area (Å²) < 4.78 is 0. The smallest absolute Gasteiger partial charge is 0.270 e. The second kappa shape index (κ2) is 24.8. The summed E-state index contributed by atoms with van der Waals surface area (Å²) in [6.07, 6.45) is 15.3. The molecular formula is C61H72Cl3N11O4S. The molecule has 11 rings (SSSR count). The standard InChI is InChI=1S/C23H35N5O2S.C20H20ClN3O.C18H17Cl2N3O/c1-28-21(30)23(27-22(28)24,11-10-16-6-3-2-4-7-16)13-17-8-5-9-18(12-17)26-20(29)19-14-31-15-25-19;1-2-24-18(25)20(15-9-10-15,23-19(24)22)16-7-3-5-13(11-16)14-6-4-8-17(21)12-14;1-18(10-16(24)23(2)17(21)22-18)13-5-3-4-11(6-13)12-7-14(19)9-15(20)8-12/h14-18H,2-13H2,1H3,(H2,24,27)(H,26,29);3-8,11-12,15H,2,9-10H2,1H3,(H2,22,23);3-9H,10H2,1-2H3,(H2,21,22)/t17-,18+,23+;;18-/m0.0/s1. The van der Waals surface area contributed by atoms with Gasteiger partial charge in [0.05, 0.1) is 17.5 Å². The van der Waals surface area contributed by atoms with Gasteiger partial charge in [0.15, 0.2) is 23.4 Å². The van der Waals surface area contributed by atoms with Crippen LogP contribution in [0.5, 0.6) is 0 Å². The first-order valence-electron chi connectivity index (χ1n) is 27.9. The Kier molecular flexibility index (Phi) is 18.1. The summed E-state index contributed by atoms with van der Waals surface area (Å²) in [6.45, 7) is 4.37. The molecular weight excluding hydrogens is 1090 g/mol. The average Bonchev–Trinajstić information content (AvgIpc) is 4.05. The zero-order valence-corrected chi connectivity index (χ0v) is 49.1. The highest BCUT2D eigenvalue weighted by Crippen LogP contribution is 2.52. The number of nitrogens with one attached hydrogen (secondary N) is 1. The van der Waals surface area contributed by atoms with Crippen LogP contribution in [0.15, 0.2) is 117 Å². The van der Waals surface area contributed by atoms with Crippen molar-refractivity contribution < 1.29 is 19.2 Å². The van der Waals surface area contributed by atoms with Crippen molar-refractivity contribution in [2.45, 2.75) is 133 Å². The lowest BCUT2D eigenvalue weighted by molar-refractivity contribution is -0.132. The van der Waals surface area contributed by atoms with Crippen molar-refractivity contribution in [3.63, 3.8) is 0 Å². The summed E-state index contributed by atoms with van der Waals surface area (Å²) in [5, 5.41) is 6.77. The van der Waals surface area contributed by atoms with Crippen LogP contribution >= 0.6 is 46.1 Å². The van der Waals surface area contributed by atoms with E-state index in [1.54, 1.807) is 36.0 Å². The van der Waals surface area contributed by atoms with E-state index in [9.17, 15) is 19.2 Å². The Hall–Kier alpha value is -6.33. The molecule has 0 spiro atoms. The van der Waals surface area contributed by atoms with E-state index in [1.807, 2.05) is 92.7 Å². The van der Waals surface area contributed by atoms with Crippen molar-refractivity contribution in [1.82, 2.24) is 25.0 Å². The molecule has 3 aliphatic heterocycles. The van der Waals surface area contributed by atoms with Gasteiger partial charge in [-0.25, -0.2) is 20.0 Å². The van der Waals surface area contributed by atoms with E-state index >= 15 is 0 Å². The summed E-state index contributed by atoms with van der Waals surface area (Å²) in [7, 11) is 3.37. The van der Waals surface area contributed by atoms with Gasteiger partial charge in [-0.3, -0.25) is 33.9 Å². The molecule has 3 aliphatic carbocycles. The fourth-order valence-electron chi connectivity index (χ4n) is 12.3. The van der Waals surface area contributed by atoms with Gasteiger partial charge in [0, 0.05) is 47.1 Å². The summed E-state index contributed by atoms with van der Waals surface area (Å²) in [4.78, 5) is 73.6. The number of hydrogen-bond donors (Lipinski definition) is 4. The Morgan fingerprint density at radius 2 is 1.31 bits per heavy atom. The molecule has 4 amide bonds. The Morgan fingerprint density at radius 3 is 1.93 bits per heavy atom. The summed E-state index contributed by atoms with van der Waals surface area (Å²) in [5.74, 6) is 2.08. The number of thiazole rings is 1. The highest BCUT2D eigenvalue weighted by Gasteiger charge is 2.58. The van der Waals surface area contributed by atoms with Crippen LogP contribution in [0.1, 0.15) is 132 Å². The molecule has 3 fully saturated rings. The second-order valence-corrected chi connectivity index (χ2v) is 24.5. The van der Waals surface area contributed by atoms with Gasteiger partial charge in [0.2, 0.25) is 5.91 Å². The first-order valence-corrected chi connectivity index (χ1v) is 29.9. The number of guanidine groups is 3. The van der Waals surface area contributed by atoms with Crippen LogP contribution in [0.25, 0.3) is 22.3 Å². The molecule has 15 nitrogen and oxygen atoms in total. The number of aromatic nitrogens is 1. The number of nitrogens with two attached hydrogens (primary N) is 3. The lowest BCUT2D eigenvalue weighted by atomic mass is 9.74. The molecule has 19 heteroatoms. The van der Waals surface area contributed by atoms with Gasteiger partial charge < -0.3 is 22.5 Å². The number of rotatable bonds is 13. The third kappa shape index (κ3) is 12.9. The zero-order valence-electron chi connectivity index (χ0n) is 46.0. The van der Waals surface area contributed by atoms with Gasteiger partial charge >= 0.3 is 0 Å². The molecule has 7 N–H and O–H groups in total. The van der Waals surface area contributed by atoms with Gasteiger partial charge in [-0.05, 0) is 152 Å². The molecule has 5 atom stereocenters. The van der Waals surface area contributed by atoms with Gasteiger partial charge in [-0.2, -0.15) is 0 Å². The molecule has 6 aliphatic rings. The van der Waals surface area contributed by atoms with E-state index in [-0.39, 0.29) is 48.0 Å². The molecule has 3 saturated carbocycles. The number of amides is 4. The van der Waals surface area contributed by atoms with Crippen LogP contribution in [-0.4, -0.2) is 93.4 Å². The van der Waals surface area contributed by atoms with Crippen LogP contribution in [0.4, 0.5) is 0 Å². The topological polar surface area (TPSA) is 218 Å². The quantitative estimate of drug-likeness (QED) is 0.0887. The lowest BCUT2D eigenvalue weighted by Gasteiger charge is -2.35. The number of likely N-dealkylation sites (N-methyl/N-ethyl adjacent to an activating group) is 2. The highest BCUT2D eigenvalue weighted by atomic mass is 35.5. The molecule has 1 aromatic heterocycles. The molecule has 0 radical (unpaired) electrons. The average molecular weight is 1160 g/mol. The van der Waals surface area contributed by atoms with Crippen LogP contribution < -0.4 is 22.5 Å². The maximum absolute atomic E-state index is 13.3. The Labute approximate surface area is 488 Å². The summed E-state index contributed by atoms with van der Waals surface area (Å²) >= 11 is 19.8. The number of nitrogens with zero attached hydrogens (tertiary/aromatic N) is 7. The fourth-order valence-corrected chi connectivity index (χ4v) is 13.5. The van der Waals surface area contributed by atoms with Gasteiger partial charge in [0.25, 0.3) is 17.7 Å². The fraction of sp³-hybridized carbons (Fsp3) is 0.443. The van der Waals surface area contributed by atoms with Gasteiger partial charge in [0.1, 0.15) is 11.2 Å². The van der Waals surface area contributed by atoms with E-state index in [4.69, 9.17) is 57.0 Å². The number of hydrogen-bond acceptors (Lipinski definition) is 12. The largest absolute Gasteiger partial charge is 0.369 e. The monoisotopic (exact) mass is 1160 g/mol. The normalized spacial score (nSPS) is 25.0. The number of halogens is 3. The minimum Gasteiger partial charge on any atom is -0.369 e. The zero-order chi connectivity index (χ0) is 56.9. The molecule has 80 heavy (non-hydrogen) atoms. The molecule has 4 heterocycles. The van der Waals surface area contributed by atoms with Crippen molar-refractivity contribution in [1.29, 1.82) is 0 Å². The number of carbonyl (C=O) groups is 4. The maximum Gasteiger partial charge on any atom is 0.270 e. The van der Waals surface area contributed by atoms with E-state index in [1.165, 1.54) is 53.2 Å². The van der Waals surface area contributed by atoms with Crippen molar-refractivity contribution in [3.8, 4) is 22.3 Å². The van der Waals surface area contributed by atoms with E-state index in [2.05, 4.69) is 26.4 Å². The summed E-state index contributed by atoms with van der Waals surface area (Å²) in [6, 6.07) is 29.1. The molecule has 0 saturated heterocycles. The highest BCUT2D eigenvalue weighted by molar-refractivity contribution is 7.07. The first kappa shape index (κ1) is 58.3. The minimum absolute atomic E-state index is 0.00163. The first-order chi connectivity index (χ1) is 38.3. The van der Waals surface area contributed by atoms with Crippen LogP contribution in [-0.2, 0) is 25.5 Å². The van der Waals surface area contributed by atoms with Crippen LogP contribution in [0, 0.1) is 17.8 Å². The van der Waals surface area contributed by atoms with Crippen LogP contribution in [0.3, 0.4) is 0 Å². The predicted octanol–water partition coefficient (Wildman–Crippen LogP) is 11.5. The number of aliphatic imine (C=N–C) groups is 3. The van der Waals surface area contributed by atoms with Crippen molar-refractivity contribution in [3.05, 3.63) is 134 Å². The molecule has 5 aromatic rings. The third-order valence-corrected chi connectivity index (χ3v) is 18.1. The molecule has 1 unspecified atom stereocenters. The SMILES string of the molecule is CCN1C(=O)C(c2cccc(-c3cccc(Cl)c3)c2)(C2CC2)N=C1N.CN1C(=O)C[C@@](C)(c2cccc(-c3cc(Cl)cc(Cl)c3)c2)N=C1N.CN1C(=O)[C@@](CCC2CCCCC2)(C[C@H]2CCC[C@@H](NC(=O)c3cscn3)C2)N=C1N. The second-order valence-electron chi connectivity index (χ2n) is 22.5. The summed E-state index contributed by atoms with van der Waals surface area (Å²) in [5.41, 5.74) is 23.7. The lowest BCUT2D eigenvalue weighted by Crippen LogP contribution is -2.47. The Balaban J connectivity index is 0.000000147. The number of benzene rings is 4. The molecule has 0 bridgehead atoms. The Bertz CT molecular complexity index is 3180. The van der Waals surface area contributed by atoms with E-state index < -0.39 is 16.6 Å². The van der Waals surface area contributed by atoms with Gasteiger partial charge in [-0.1, -0.05) is 128 Å². The van der Waals surface area contributed by atoms with E-state index in [0.717, 1.165) is 91.2 Å². The van der Waals surface area contributed by atoms with Crippen LogP contribution in [0.2, 0.25) is 15.1 Å². The predicted molar refractivity (Wildman–Crippen MR) is 321 cm³/mol. The third-order valence-electron chi connectivity index (χ3n) is 16.8. The maximum atomic E-state index is 13.3. The van der Waals surface area contributed by atoms with Crippen molar-refractivity contribution in [2.24, 2.45) is 49.9 Å².